The molecular formula is C24H19ClN2O6. The van der Waals surface area contributed by atoms with Crippen LogP contribution in [0.2, 0.25) is 5.02 Å². The maximum atomic E-state index is 13.1. The first-order valence-electron chi connectivity index (χ1n) is 9.87. The third-order valence-corrected chi connectivity index (χ3v) is 5.48. The number of carbonyl (C=O) groups excluding carboxylic acids is 3. The number of aliphatic hydroxyl groups excluding tert-OH is 1. The van der Waals surface area contributed by atoms with Crippen molar-refractivity contribution in [3.8, 4) is 5.75 Å². The second kappa shape index (κ2) is 8.84. The van der Waals surface area contributed by atoms with Gasteiger partial charge in [0.1, 0.15) is 23.3 Å². The molecule has 1 aliphatic heterocycles. The molecule has 3 aromatic rings. The number of Topliss-reactive ketones (excluding diaryl/α,β-unsaturated/α-hetero) is 1. The van der Waals surface area contributed by atoms with Crippen LogP contribution in [0.1, 0.15) is 24.3 Å². The van der Waals surface area contributed by atoms with Crippen LogP contribution in [0, 0.1) is 0 Å². The normalized spacial score (nSPS) is 17.3. The van der Waals surface area contributed by atoms with E-state index in [1.54, 1.807) is 42.5 Å². The smallest absolute Gasteiger partial charge is 0.300 e. The summed E-state index contributed by atoms with van der Waals surface area (Å²) in [6.45, 7) is 1.38. The molecule has 1 saturated heterocycles. The van der Waals surface area contributed by atoms with Crippen molar-refractivity contribution in [2.45, 2.75) is 13.0 Å². The van der Waals surface area contributed by atoms with Crippen molar-refractivity contribution >= 4 is 46.3 Å². The summed E-state index contributed by atoms with van der Waals surface area (Å²) in [5.74, 6) is -1.73. The molecule has 2 N–H and O–H groups in total. The lowest BCUT2D eigenvalue weighted by Crippen LogP contribution is -2.29. The quantitative estimate of drug-likeness (QED) is 0.325. The summed E-state index contributed by atoms with van der Waals surface area (Å²) >= 11 is 6.28. The number of nitrogens with zero attached hydrogens (tertiary/aromatic N) is 1. The van der Waals surface area contributed by atoms with Crippen molar-refractivity contribution in [1.82, 2.24) is 0 Å². The van der Waals surface area contributed by atoms with Crippen LogP contribution in [0.3, 0.4) is 0 Å². The Hall–Kier alpha value is -4.04. The SMILES string of the molecule is COc1ccc(Cl)c(/C(O)=C2/C(=O)C(=O)N(c3ccc(NC(C)=O)cc3)C2c2ccco2)c1. The summed E-state index contributed by atoms with van der Waals surface area (Å²) in [4.78, 5) is 38.7. The van der Waals surface area contributed by atoms with Crippen molar-refractivity contribution in [3.63, 3.8) is 0 Å². The molecule has 1 aliphatic rings. The Balaban J connectivity index is 1.87. The molecule has 168 valence electrons. The first-order chi connectivity index (χ1) is 15.8. The van der Waals surface area contributed by atoms with E-state index in [2.05, 4.69) is 5.32 Å². The van der Waals surface area contributed by atoms with Gasteiger partial charge in [-0.15, -0.1) is 0 Å². The zero-order valence-corrected chi connectivity index (χ0v) is 18.4. The number of ketones is 1. The van der Waals surface area contributed by atoms with Crippen LogP contribution >= 0.6 is 11.6 Å². The molecule has 0 saturated carbocycles. The standard InChI is InChI=1S/C24H19ClN2O6/c1-13(28)26-14-5-7-15(8-6-14)27-21(19-4-3-11-33-19)20(23(30)24(27)31)22(29)17-12-16(32-2)9-10-18(17)25/h3-12,21,29H,1-2H3,(H,26,28)/b22-20-. The van der Waals surface area contributed by atoms with E-state index >= 15 is 0 Å². The number of aliphatic hydroxyl groups is 1. The Kier molecular flexibility index (Phi) is 5.93. The van der Waals surface area contributed by atoms with E-state index in [4.69, 9.17) is 20.8 Å². The van der Waals surface area contributed by atoms with Gasteiger partial charge < -0.3 is 19.6 Å². The second-order valence-electron chi connectivity index (χ2n) is 7.26. The molecule has 1 fully saturated rings. The molecule has 1 aromatic heterocycles. The highest BCUT2D eigenvalue weighted by molar-refractivity contribution is 6.52. The summed E-state index contributed by atoms with van der Waals surface area (Å²) in [5.41, 5.74) is 0.881. The van der Waals surface area contributed by atoms with Crippen molar-refractivity contribution in [1.29, 1.82) is 0 Å². The van der Waals surface area contributed by atoms with Crippen molar-refractivity contribution < 1.29 is 28.6 Å². The average Bonchev–Trinajstić information content (AvgIpc) is 3.41. The fourth-order valence-corrected chi connectivity index (χ4v) is 3.89. The van der Waals surface area contributed by atoms with Gasteiger partial charge in [0.2, 0.25) is 5.91 Å². The lowest BCUT2D eigenvalue weighted by molar-refractivity contribution is -0.132. The van der Waals surface area contributed by atoms with E-state index in [-0.39, 0.29) is 27.8 Å². The minimum Gasteiger partial charge on any atom is -0.507 e. The van der Waals surface area contributed by atoms with Crippen LogP contribution in [0.5, 0.6) is 5.75 Å². The maximum Gasteiger partial charge on any atom is 0.300 e. The molecule has 2 aromatic carbocycles. The predicted molar refractivity (Wildman–Crippen MR) is 122 cm³/mol. The number of methoxy groups -OCH3 is 1. The number of nitrogens with one attached hydrogen (secondary N) is 1. The Morgan fingerprint density at radius 1 is 1.15 bits per heavy atom. The van der Waals surface area contributed by atoms with Gasteiger partial charge in [0.15, 0.2) is 0 Å². The van der Waals surface area contributed by atoms with Gasteiger partial charge in [-0.1, -0.05) is 11.6 Å². The molecule has 8 nitrogen and oxygen atoms in total. The minimum atomic E-state index is -1.03. The maximum absolute atomic E-state index is 13.1. The summed E-state index contributed by atoms with van der Waals surface area (Å²) in [7, 11) is 1.46. The van der Waals surface area contributed by atoms with Gasteiger partial charge in [0.05, 0.1) is 24.0 Å². The number of halogens is 1. The third-order valence-electron chi connectivity index (χ3n) is 5.15. The summed E-state index contributed by atoms with van der Waals surface area (Å²) in [5, 5.41) is 14.0. The molecule has 33 heavy (non-hydrogen) atoms. The average molecular weight is 467 g/mol. The molecule has 2 heterocycles. The molecule has 4 rings (SSSR count). The van der Waals surface area contributed by atoms with Crippen LogP contribution in [-0.4, -0.2) is 29.8 Å². The zero-order chi connectivity index (χ0) is 23.7. The van der Waals surface area contributed by atoms with Crippen LogP contribution in [0.15, 0.2) is 70.9 Å². The Morgan fingerprint density at radius 2 is 1.88 bits per heavy atom. The van der Waals surface area contributed by atoms with Crippen molar-refractivity contribution in [3.05, 3.63) is 82.8 Å². The van der Waals surface area contributed by atoms with Gasteiger partial charge in [-0.2, -0.15) is 0 Å². The van der Waals surface area contributed by atoms with Gasteiger partial charge in [-0.25, -0.2) is 0 Å². The number of furan rings is 1. The number of amides is 2. The lowest BCUT2D eigenvalue weighted by Gasteiger charge is -2.23. The van der Waals surface area contributed by atoms with E-state index in [0.717, 1.165) is 0 Å². The molecule has 0 radical (unpaired) electrons. The van der Waals surface area contributed by atoms with E-state index in [1.165, 1.54) is 37.3 Å². The molecule has 0 spiro atoms. The monoisotopic (exact) mass is 466 g/mol. The fourth-order valence-electron chi connectivity index (χ4n) is 3.68. The predicted octanol–water partition coefficient (Wildman–Crippen LogP) is 4.53. The third kappa shape index (κ3) is 4.08. The van der Waals surface area contributed by atoms with Crippen LogP contribution in [0.4, 0.5) is 11.4 Å². The largest absolute Gasteiger partial charge is 0.507 e. The molecule has 2 amide bonds. The summed E-state index contributed by atoms with van der Waals surface area (Å²) in [6, 6.07) is 13.2. The first kappa shape index (κ1) is 22.2. The number of ether oxygens (including phenoxy) is 1. The highest BCUT2D eigenvalue weighted by atomic mass is 35.5. The van der Waals surface area contributed by atoms with E-state index in [0.29, 0.717) is 17.1 Å². The molecule has 1 atom stereocenters. The number of carbonyl (C=O) groups is 3. The van der Waals surface area contributed by atoms with Gasteiger partial charge >= 0.3 is 0 Å². The number of benzene rings is 2. The second-order valence-corrected chi connectivity index (χ2v) is 7.67. The van der Waals surface area contributed by atoms with Gasteiger partial charge in [-0.05, 0) is 54.6 Å². The van der Waals surface area contributed by atoms with Crippen LogP contribution in [0.25, 0.3) is 5.76 Å². The first-order valence-corrected chi connectivity index (χ1v) is 10.3. The lowest BCUT2D eigenvalue weighted by atomic mass is 9.99. The minimum absolute atomic E-state index is 0.145. The molecule has 0 aliphatic carbocycles. The van der Waals surface area contributed by atoms with Gasteiger partial charge in [-0.3, -0.25) is 19.3 Å². The Bertz CT molecular complexity index is 1260. The van der Waals surface area contributed by atoms with E-state index in [1.807, 2.05) is 0 Å². The molecule has 9 heteroatoms. The number of hydrogen-bond donors (Lipinski definition) is 2. The Labute approximate surface area is 194 Å². The topological polar surface area (TPSA) is 109 Å². The van der Waals surface area contributed by atoms with Crippen molar-refractivity contribution in [2.24, 2.45) is 0 Å². The number of rotatable bonds is 5. The van der Waals surface area contributed by atoms with Crippen LogP contribution in [-0.2, 0) is 14.4 Å². The molecule has 1 unspecified atom stereocenters. The highest BCUT2D eigenvalue weighted by Crippen LogP contribution is 2.43. The van der Waals surface area contributed by atoms with Gasteiger partial charge in [0, 0.05) is 23.9 Å². The molecule has 0 bridgehead atoms. The van der Waals surface area contributed by atoms with Gasteiger partial charge in [0.25, 0.3) is 11.7 Å². The van der Waals surface area contributed by atoms with Crippen LogP contribution < -0.4 is 15.0 Å². The summed E-state index contributed by atoms with van der Waals surface area (Å²) in [6.07, 6.45) is 1.41. The van der Waals surface area contributed by atoms with E-state index in [9.17, 15) is 19.5 Å². The van der Waals surface area contributed by atoms with E-state index < -0.39 is 23.5 Å². The fraction of sp³-hybridized carbons (Fsp3) is 0.125. The van der Waals surface area contributed by atoms with Crippen molar-refractivity contribution in [2.75, 3.05) is 17.3 Å². The number of anilines is 2. The Morgan fingerprint density at radius 3 is 2.48 bits per heavy atom. The number of hydrogen-bond acceptors (Lipinski definition) is 6. The highest BCUT2D eigenvalue weighted by Gasteiger charge is 2.48. The summed E-state index contributed by atoms with van der Waals surface area (Å²) < 4.78 is 10.7. The zero-order valence-electron chi connectivity index (χ0n) is 17.7. The molecular weight excluding hydrogens is 448 g/mol.